The minimum atomic E-state index is -0.816. The highest BCUT2D eigenvalue weighted by atomic mass is 16.6. The molecule has 0 fully saturated rings. The number of rotatable bonds is 7. The lowest BCUT2D eigenvalue weighted by molar-refractivity contribution is -0.0689. The molecule has 0 aliphatic carbocycles. The molecule has 0 amide bonds. The van der Waals surface area contributed by atoms with Crippen molar-refractivity contribution in [1.29, 1.82) is 0 Å². The molecule has 0 atom stereocenters. The zero-order chi connectivity index (χ0) is 11.1. The van der Waals surface area contributed by atoms with Crippen molar-refractivity contribution in [3.63, 3.8) is 0 Å². The summed E-state index contributed by atoms with van der Waals surface area (Å²) in [6.45, 7) is 2.93. The molecule has 1 aliphatic rings. The first-order valence-corrected chi connectivity index (χ1v) is 5.44. The van der Waals surface area contributed by atoms with Crippen molar-refractivity contribution in [2.75, 3.05) is 26.4 Å². The van der Waals surface area contributed by atoms with Crippen LogP contribution in [0.2, 0.25) is 0 Å². The largest absolute Gasteiger partial charge is 0.484 e. The summed E-state index contributed by atoms with van der Waals surface area (Å²) >= 11 is 0. The van der Waals surface area contributed by atoms with Crippen molar-refractivity contribution in [3.8, 4) is 0 Å². The van der Waals surface area contributed by atoms with Crippen molar-refractivity contribution >= 4 is 0 Å². The molecule has 0 bridgehead atoms. The fraction of sp³-hybridized carbons (Fsp3) is 0.818. The van der Waals surface area contributed by atoms with Gasteiger partial charge in [-0.05, 0) is 12.5 Å². The second-order valence-electron chi connectivity index (χ2n) is 3.88. The molecule has 0 radical (unpaired) electrons. The van der Waals surface area contributed by atoms with Gasteiger partial charge >= 0.3 is 0 Å². The van der Waals surface area contributed by atoms with Crippen LogP contribution >= 0.6 is 0 Å². The maximum Gasteiger partial charge on any atom is 0.158 e. The third kappa shape index (κ3) is 3.48. The van der Waals surface area contributed by atoms with Crippen molar-refractivity contribution < 1.29 is 19.7 Å². The van der Waals surface area contributed by atoms with Crippen molar-refractivity contribution in [1.82, 2.24) is 0 Å². The first kappa shape index (κ1) is 12.5. The van der Waals surface area contributed by atoms with E-state index >= 15 is 0 Å². The van der Waals surface area contributed by atoms with Gasteiger partial charge in [0.15, 0.2) is 5.60 Å². The summed E-state index contributed by atoms with van der Waals surface area (Å²) in [4.78, 5) is 0. The van der Waals surface area contributed by atoms with Crippen LogP contribution in [0.3, 0.4) is 0 Å². The number of aliphatic hydroxyl groups is 2. The smallest absolute Gasteiger partial charge is 0.158 e. The topological polar surface area (TPSA) is 58.9 Å². The van der Waals surface area contributed by atoms with Gasteiger partial charge in [0.25, 0.3) is 0 Å². The molecule has 1 rings (SSSR count). The molecular formula is C11H20O4. The molecule has 1 aliphatic heterocycles. The van der Waals surface area contributed by atoms with Crippen molar-refractivity contribution in [2.45, 2.75) is 31.8 Å². The Hall–Kier alpha value is -0.580. The van der Waals surface area contributed by atoms with E-state index in [9.17, 15) is 0 Å². The summed E-state index contributed by atoms with van der Waals surface area (Å²) in [5, 5.41) is 18.2. The van der Waals surface area contributed by atoms with Crippen LogP contribution < -0.4 is 0 Å². The predicted molar refractivity (Wildman–Crippen MR) is 56.4 cm³/mol. The van der Waals surface area contributed by atoms with Gasteiger partial charge in [0.1, 0.15) is 12.4 Å². The summed E-state index contributed by atoms with van der Waals surface area (Å²) in [6, 6.07) is 0. The summed E-state index contributed by atoms with van der Waals surface area (Å²) in [7, 11) is 0. The van der Waals surface area contributed by atoms with E-state index in [1.165, 1.54) is 0 Å². The van der Waals surface area contributed by atoms with Crippen LogP contribution in [0.5, 0.6) is 0 Å². The van der Waals surface area contributed by atoms with Crippen LogP contribution in [0.1, 0.15) is 26.2 Å². The van der Waals surface area contributed by atoms with E-state index in [4.69, 9.17) is 19.7 Å². The molecule has 4 nitrogen and oxygen atoms in total. The number of unbranched alkanes of at least 4 members (excludes halogenated alkanes) is 1. The number of hydrogen-bond acceptors (Lipinski definition) is 4. The van der Waals surface area contributed by atoms with Crippen LogP contribution in [0.15, 0.2) is 11.8 Å². The fourth-order valence-corrected chi connectivity index (χ4v) is 1.41. The Morgan fingerprint density at radius 3 is 2.73 bits per heavy atom. The molecule has 15 heavy (non-hydrogen) atoms. The molecule has 0 aromatic carbocycles. The minimum absolute atomic E-state index is 0.168. The Morgan fingerprint density at radius 1 is 1.47 bits per heavy atom. The molecule has 1 heterocycles. The highest BCUT2D eigenvalue weighted by Crippen LogP contribution is 2.27. The third-order valence-corrected chi connectivity index (χ3v) is 2.51. The number of aliphatic hydroxyl groups excluding tert-OH is 2. The van der Waals surface area contributed by atoms with E-state index in [-0.39, 0.29) is 13.2 Å². The van der Waals surface area contributed by atoms with Gasteiger partial charge in [-0.15, -0.1) is 0 Å². The van der Waals surface area contributed by atoms with Gasteiger partial charge in [-0.1, -0.05) is 13.3 Å². The zero-order valence-corrected chi connectivity index (χ0v) is 9.24. The lowest BCUT2D eigenvalue weighted by atomic mass is 10.0. The maximum atomic E-state index is 9.08. The highest BCUT2D eigenvalue weighted by molar-refractivity contribution is 5.08. The normalized spacial score (nSPS) is 18.7. The Balaban J connectivity index is 2.23. The molecule has 0 aromatic rings. The lowest BCUT2D eigenvalue weighted by Gasteiger charge is -2.25. The van der Waals surface area contributed by atoms with Gasteiger partial charge < -0.3 is 19.7 Å². The highest BCUT2D eigenvalue weighted by Gasteiger charge is 2.35. The van der Waals surface area contributed by atoms with Crippen LogP contribution in [0.25, 0.3) is 0 Å². The van der Waals surface area contributed by atoms with Gasteiger partial charge in [-0.3, -0.25) is 0 Å². The molecule has 0 saturated carbocycles. The van der Waals surface area contributed by atoms with E-state index < -0.39 is 5.60 Å². The van der Waals surface area contributed by atoms with Gasteiger partial charge in [0.05, 0.1) is 13.2 Å². The van der Waals surface area contributed by atoms with Gasteiger partial charge in [-0.25, -0.2) is 0 Å². The van der Waals surface area contributed by atoms with Crippen LogP contribution in [0.4, 0.5) is 0 Å². The Bertz CT molecular complexity index is 209. The van der Waals surface area contributed by atoms with Gasteiger partial charge in [0, 0.05) is 13.0 Å². The lowest BCUT2D eigenvalue weighted by Crippen LogP contribution is -2.37. The summed E-state index contributed by atoms with van der Waals surface area (Å²) in [5.41, 5.74) is -0.816. The molecule has 0 aromatic heterocycles. The average Bonchev–Trinajstić information content (AvgIpc) is 2.69. The van der Waals surface area contributed by atoms with Gasteiger partial charge in [0.2, 0.25) is 0 Å². The van der Waals surface area contributed by atoms with Crippen molar-refractivity contribution in [2.24, 2.45) is 0 Å². The third-order valence-electron chi connectivity index (χ3n) is 2.51. The van der Waals surface area contributed by atoms with E-state index in [2.05, 4.69) is 6.92 Å². The Morgan fingerprint density at radius 2 is 2.20 bits per heavy atom. The Kier molecular flexibility index (Phi) is 5.08. The summed E-state index contributed by atoms with van der Waals surface area (Å²) in [6.07, 6.45) is 4.57. The van der Waals surface area contributed by atoms with E-state index in [1.807, 2.05) is 6.08 Å². The van der Waals surface area contributed by atoms with E-state index in [1.54, 1.807) is 0 Å². The van der Waals surface area contributed by atoms with E-state index in [0.717, 1.165) is 19.4 Å². The van der Waals surface area contributed by atoms with Crippen LogP contribution in [-0.4, -0.2) is 42.2 Å². The summed E-state index contributed by atoms with van der Waals surface area (Å²) < 4.78 is 10.8. The molecule has 4 heteroatoms. The number of ether oxygens (including phenoxy) is 2. The Labute approximate surface area is 90.5 Å². The fourth-order valence-electron chi connectivity index (χ4n) is 1.41. The molecule has 2 N–H and O–H groups in total. The van der Waals surface area contributed by atoms with Crippen LogP contribution in [-0.2, 0) is 9.47 Å². The maximum absolute atomic E-state index is 9.08. The first-order chi connectivity index (χ1) is 7.26. The predicted octanol–water partition coefficient (Wildman–Crippen LogP) is 0.831. The SMILES string of the molecule is CCCCOCC1=CCC(CO)(CO)O1. The summed E-state index contributed by atoms with van der Waals surface area (Å²) in [5.74, 6) is 0.717. The molecule has 0 spiro atoms. The standard InChI is InChI=1S/C11H20O4/c1-2-3-6-14-7-10-4-5-11(8-12,9-13)15-10/h4,12-13H,2-3,5-9H2,1H3. The number of hydrogen-bond donors (Lipinski definition) is 2. The molecule has 0 unspecified atom stereocenters. The molecule has 88 valence electrons. The minimum Gasteiger partial charge on any atom is -0.484 e. The van der Waals surface area contributed by atoms with Crippen molar-refractivity contribution in [3.05, 3.63) is 11.8 Å². The quantitative estimate of drug-likeness (QED) is 0.619. The average molecular weight is 216 g/mol. The zero-order valence-electron chi connectivity index (χ0n) is 9.24. The first-order valence-electron chi connectivity index (χ1n) is 5.44. The van der Waals surface area contributed by atoms with Gasteiger partial charge in [-0.2, -0.15) is 0 Å². The molecular weight excluding hydrogens is 196 g/mol. The van der Waals surface area contributed by atoms with Crippen LogP contribution in [0, 0.1) is 0 Å². The van der Waals surface area contributed by atoms with E-state index in [0.29, 0.717) is 18.8 Å². The molecule has 0 saturated heterocycles. The second-order valence-corrected chi connectivity index (χ2v) is 3.88. The second kappa shape index (κ2) is 6.10. The monoisotopic (exact) mass is 216 g/mol.